The molecule has 0 saturated carbocycles. The van der Waals surface area contributed by atoms with Gasteiger partial charge in [-0.3, -0.25) is 4.79 Å². The van der Waals surface area contributed by atoms with Crippen molar-refractivity contribution in [3.8, 4) is 5.75 Å². The standard InChI is InChI=1S/C23H17FN2O2/c24-18-9-11-19(12-10-18)28-15-23(27)26-25-14-22-20-7-3-1-5-16(20)13-17-6-2-4-8-21(17)22/h1-14H,15H2,(H,26,27)/b25-14-. The molecule has 1 amide bonds. The van der Waals surface area contributed by atoms with Gasteiger partial charge in [0.1, 0.15) is 11.6 Å². The number of carbonyl (C=O) groups is 1. The average molecular weight is 372 g/mol. The highest BCUT2D eigenvalue weighted by molar-refractivity contribution is 6.13. The van der Waals surface area contributed by atoms with E-state index >= 15 is 0 Å². The summed E-state index contributed by atoms with van der Waals surface area (Å²) in [6.07, 6.45) is 1.65. The summed E-state index contributed by atoms with van der Waals surface area (Å²) < 4.78 is 18.2. The lowest BCUT2D eigenvalue weighted by molar-refractivity contribution is -0.123. The number of ether oxygens (including phenoxy) is 1. The van der Waals surface area contributed by atoms with Gasteiger partial charge in [0.15, 0.2) is 6.61 Å². The van der Waals surface area contributed by atoms with Crippen molar-refractivity contribution in [2.24, 2.45) is 5.10 Å². The second-order valence-electron chi connectivity index (χ2n) is 6.27. The van der Waals surface area contributed by atoms with Crippen molar-refractivity contribution in [1.82, 2.24) is 5.43 Å². The van der Waals surface area contributed by atoms with E-state index in [0.717, 1.165) is 27.1 Å². The minimum absolute atomic E-state index is 0.209. The minimum Gasteiger partial charge on any atom is -0.484 e. The number of benzene rings is 4. The predicted octanol–water partition coefficient (Wildman–Crippen LogP) is 4.66. The second kappa shape index (κ2) is 7.88. The number of hydrogen-bond acceptors (Lipinski definition) is 3. The number of hydrazone groups is 1. The van der Waals surface area contributed by atoms with Crippen LogP contribution in [0.2, 0.25) is 0 Å². The van der Waals surface area contributed by atoms with Gasteiger partial charge >= 0.3 is 0 Å². The zero-order chi connectivity index (χ0) is 19.3. The first kappa shape index (κ1) is 17.7. The molecule has 5 heteroatoms. The van der Waals surface area contributed by atoms with Gasteiger partial charge < -0.3 is 4.74 Å². The summed E-state index contributed by atoms with van der Waals surface area (Å²) in [6.45, 7) is -0.209. The van der Waals surface area contributed by atoms with E-state index < -0.39 is 5.91 Å². The smallest absolute Gasteiger partial charge is 0.277 e. The molecule has 0 atom stereocenters. The molecular weight excluding hydrogens is 355 g/mol. The van der Waals surface area contributed by atoms with Gasteiger partial charge in [-0.2, -0.15) is 5.10 Å². The SMILES string of the molecule is O=C(COc1ccc(F)cc1)N/N=C\c1c2ccccc2cc2ccccc12. The molecule has 138 valence electrons. The lowest BCUT2D eigenvalue weighted by Crippen LogP contribution is -2.24. The first-order valence-corrected chi connectivity index (χ1v) is 8.81. The molecule has 1 N–H and O–H groups in total. The molecule has 4 rings (SSSR count). The quantitative estimate of drug-likeness (QED) is 0.315. The summed E-state index contributed by atoms with van der Waals surface area (Å²) in [5.41, 5.74) is 3.41. The summed E-state index contributed by atoms with van der Waals surface area (Å²) in [4.78, 5) is 12.0. The summed E-state index contributed by atoms with van der Waals surface area (Å²) in [5, 5.41) is 8.43. The van der Waals surface area contributed by atoms with Crippen LogP contribution in [0.3, 0.4) is 0 Å². The van der Waals surface area contributed by atoms with Crippen LogP contribution in [-0.4, -0.2) is 18.7 Å². The second-order valence-corrected chi connectivity index (χ2v) is 6.27. The third-order valence-corrected chi connectivity index (χ3v) is 4.38. The van der Waals surface area contributed by atoms with E-state index in [0.29, 0.717) is 5.75 Å². The third-order valence-electron chi connectivity index (χ3n) is 4.38. The van der Waals surface area contributed by atoms with Gasteiger partial charge in [0.05, 0.1) is 6.21 Å². The Morgan fingerprint density at radius 3 is 2.18 bits per heavy atom. The number of nitrogens with zero attached hydrogens (tertiary/aromatic N) is 1. The topological polar surface area (TPSA) is 50.7 Å². The molecule has 0 heterocycles. The zero-order valence-corrected chi connectivity index (χ0v) is 14.9. The van der Waals surface area contributed by atoms with Crippen molar-refractivity contribution in [1.29, 1.82) is 0 Å². The fourth-order valence-electron chi connectivity index (χ4n) is 3.07. The maximum atomic E-state index is 12.9. The van der Waals surface area contributed by atoms with Crippen LogP contribution in [-0.2, 0) is 4.79 Å². The van der Waals surface area contributed by atoms with Gasteiger partial charge in [-0.15, -0.1) is 0 Å². The zero-order valence-electron chi connectivity index (χ0n) is 14.9. The normalized spacial score (nSPS) is 11.2. The fraction of sp³-hybridized carbons (Fsp3) is 0.0435. The Kier molecular flexibility index (Phi) is 4.97. The Balaban J connectivity index is 1.51. The molecule has 0 aromatic heterocycles. The Morgan fingerprint density at radius 1 is 0.929 bits per heavy atom. The number of halogens is 1. The van der Waals surface area contributed by atoms with Crippen LogP contribution in [0.4, 0.5) is 4.39 Å². The molecule has 4 aromatic carbocycles. The van der Waals surface area contributed by atoms with Crippen LogP contribution in [0.1, 0.15) is 5.56 Å². The molecule has 0 fully saturated rings. The number of hydrogen-bond donors (Lipinski definition) is 1. The number of fused-ring (bicyclic) bond motifs is 2. The number of amides is 1. The largest absolute Gasteiger partial charge is 0.484 e. The lowest BCUT2D eigenvalue weighted by atomic mass is 9.97. The molecule has 0 saturated heterocycles. The van der Waals surface area contributed by atoms with Gasteiger partial charge in [0, 0.05) is 5.56 Å². The van der Waals surface area contributed by atoms with E-state index in [1.165, 1.54) is 24.3 Å². The molecule has 0 aliphatic rings. The first-order chi connectivity index (χ1) is 13.7. The highest BCUT2D eigenvalue weighted by atomic mass is 19.1. The van der Waals surface area contributed by atoms with Crippen LogP contribution in [0, 0.1) is 5.82 Å². The van der Waals surface area contributed by atoms with Crippen molar-refractivity contribution in [3.05, 3.63) is 90.2 Å². The molecule has 0 spiro atoms. The molecule has 0 aliphatic carbocycles. The predicted molar refractivity (Wildman–Crippen MR) is 109 cm³/mol. The van der Waals surface area contributed by atoms with Crippen molar-refractivity contribution in [2.45, 2.75) is 0 Å². The van der Waals surface area contributed by atoms with E-state index in [4.69, 9.17) is 4.74 Å². The van der Waals surface area contributed by atoms with E-state index in [1.54, 1.807) is 6.21 Å². The Labute approximate surface area is 161 Å². The molecule has 0 bridgehead atoms. The lowest BCUT2D eigenvalue weighted by Gasteiger charge is -2.08. The molecular formula is C23H17FN2O2. The van der Waals surface area contributed by atoms with Crippen molar-refractivity contribution in [2.75, 3.05) is 6.61 Å². The van der Waals surface area contributed by atoms with Crippen LogP contribution < -0.4 is 10.2 Å². The Morgan fingerprint density at radius 2 is 1.54 bits per heavy atom. The number of carbonyl (C=O) groups excluding carboxylic acids is 1. The molecule has 28 heavy (non-hydrogen) atoms. The average Bonchev–Trinajstić information content (AvgIpc) is 2.73. The van der Waals surface area contributed by atoms with Gasteiger partial charge in [0.2, 0.25) is 0 Å². The summed E-state index contributed by atoms with van der Waals surface area (Å²) in [6, 6.07) is 23.7. The van der Waals surface area contributed by atoms with E-state index in [-0.39, 0.29) is 12.4 Å². The van der Waals surface area contributed by atoms with Gasteiger partial charge in [0.25, 0.3) is 5.91 Å². The monoisotopic (exact) mass is 372 g/mol. The summed E-state index contributed by atoms with van der Waals surface area (Å²) >= 11 is 0. The van der Waals surface area contributed by atoms with E-state index in [2.05, 4.69) is 16.6 Å². The maximum Gasteiger partial charge on any atom is 0.277 e. The van der Waals surface area contributed by atoms with Gasteiger partial charge in [-0.25, -0.2) is 9.82 Å². The van der Waals surface area contributed by atoms with Crippen molar-refractivity contribution in [3.63, 3.8) is 0 Å². The van der Waals surface area contributed by atoms with Crippen LogP contribution in [0.15, 0.2) is 84.0 Å². The Bertz CT molecular complexity index is 1120. The van der Waals surface area contributed by atoms with Crippen LogP contribution in [0.5, 0.6) is 5.75 Å². The van der Waals surface area contributed by atoms with Gasteiger partial charge in [-0.05, 0) is 51.9 Å². The first-order valence-electron chi connectivity index (χ1n) is 8.81. The summed E-state index contributed by atoms with van der Waals surface area (Å²) in [7, 11) is 0. The minimum atomic E-state index is -0.398. The summed E-state index contributed by atoms with van der Waals surface area (Å²) in [5.74, 6) is -0.339. The molecule has 0 unspecified atom stereocenters. The maximum absolute atomic E-state index is 12.9. The van der Waals surface area contributed by atoms with Crippen molar-refractivity contribution < 1.29 is 13.9 Å². The number of nitrogens with one attached hydrogen (secondary N) is 1. The highest BCUT2D eigenvalue weighted by Gasteiger charge is 2.06. The molecule has 0 aliphatic heterocycles. The number of rotatable bonds is 5. The Hall–Kier alpha value is -3.73. The van der Waals surface area contributed by atoms with Crippen LogP contribution >= 0.6 is 0 Å². The van der Waals surface area contributed by atoms with Crippen LogP contribution in [0.25, 0.3) is 21.5 Å². The highest BCUT2D eigenvalue weighted by Crippen LogP contribution is 2.27. The van der Waals surface area contributed by atoms with Crippen molar-refractivity contribution >= 4 is 33.7 Å². The molecule has 4 aromatic rings. The third kappa shape index (κ3) is 3.83. The molecule has 4 nitrogen and oxygen atoms in total. The van der Waals surface area contributed by atoms with E-state index in [1.807, 2.05) is 48.5 Å². The van der Waals surface area contributed by atoms with Gasteiger partial charge in [-0.1, -0.05) is 48.5 Å². The van der Waals surface area contributed by atoms with E-state index in [9.17, 15) is 9.18 Å². The molecule has 0 radical (unpaired) electrons. The fourth-order valence-corrected chi connectivity index (χ4v) is 3.07.